The Hall–Kier alpha value is -2.38. The first kappa shape index (κ1) is 15.0. The molecule has 2 rings (SSSR count). The zero-order chi connectivity index (χ0) is 15.6. The molecule has 1 aliphatic carbocycles. The average molecular weight is 295 g/mol. The van der Waals surface area contributed by atoms with E-state index in [0.717, 1.165) is 12.8 Å². The molecule has 0 aromatic carbocycles. The van der Waals surface area contributed by atoms with Crippen LogP contribution in [-0.4, -0.2) is 33.0 Å². The fourth-order valence-electron chi connectivity index (χ4n) is 2.83. The van der Waals surface area contributed by atoms with E-state index in [0.29, 0.717) is 6.42 Å². The number of hydrogen-bond acceptors (Lipinski definition) is 4. The maximum absolute atomic E-state index is 12.0. The molecule has 0 spiro atoms. The molecule has 8 nitrogen and oxygen atoms in total. The maximum atomic E-state index is 12.0. The smallest absolute Gasteiger partial charge is 0.323 e. The number of carboxylic acid groups (broad SMARTS) is 1. The maximum Gasteiger partial charge on any atom is 0.323 e. The van der Waals surface area contributed by atoms with Gasteiger partial charge in [-0.1, -0.05) is 6.42 Å². The molecule has 0 bridgehead atoms. The third kappa shape index (κ3) is 3.04. The molecule has 1 aromatic rings. The molecule has 2 atom stereocenters. The van der Waals surface area contributed by atoms with Gasteiger partial charge in [-0.05, 0) is 29.7 Å². The molecule has 114 valence electrons. The van der Waals surface area contributed by atoms with Crippen molar-refractivity contribution >= 4 is 17.7 Å². The summed E-state index contributed by atoms with van der Waals surface area (Å²) in [6, 6.07) is 2.65. The summed E-state index contributed by atoms with van der Waals surface area (Å²) in [6.07, 6.45) is 2.24. The van der Waals surface area contributed by atoms with E-state index in [-0.39, 0.29) is 24.0 Å². The summed E-state index contributed by atoms with van der Waals surface area (Å²) in [5.41, 5.74) is 0.187. The van der Waals surface area contributed by atoms with Crippen LogP contribution >= 0.6 is 0 Å². The van der Waals surface area contributed by atoms with Gasteiger partial charge in [0.15, 0.2) is 5.69 Å². The average Bonchev–Trinajstić information content (AvgIpc) is 3.02. The van der Waals surface area contributed by atoms with E-state index in [1.165, 1.54) is 23.7 Å². The second-order valence-corrected chi connectivity index (χ2v) is 5.24. The van der Waals surface area contributed by atoms with E-state index >= 15 is 0 Å². The molecule has 2 unspecified atom stereocenters. The first-order chi connectivity index (χ1) is 9.91. The van der Waals surface area contributed by atoms with Gasteiger partial charge >= 0.3 is 11.8 Å². The number of aliphatic carboxylic acids is 1. The van der Waals surface area contributed by atoms with Crippen molar-refractivity contribution in [3.05, 3.63) is 27.9 Å². The van der Waals surface area contributed by atoms with Gasteiger partial charge in [-0.15, -0.1) is 0 Å². The third-order valence-corrected chi connectivity index (χ3v) is 4.02. The van der Waals surface area contributed by atoms with Crippen LogP contribution in [0.2, 0.25) is 0 Å². The fraction of sp³-hybridized carbons (Fsp3) is 0.538. The summed E-state index contributed by atoms with van der Waals surface area (Å²) in [5.74, 6) is -1.93. The molecule has 1 saturated carbocycles. The molecule has 1 heterocycles. The molecule has 2 N–H and O–H groups in total. The first-order valence-electron chi connectivity index (χ1n) is 6.73. The Kier molecular flexibility index (Phi) is 4.25. The van der Waals surface area contributed by atoms with Crippen LogP contribution < -0.4 is 5.32 Å². The normalized spacial score (nSPS) is 21.2. The van der Waals surface area contributed by atoms with Crippen molar-refractivity contribution < 1.29 is 19.6 Å². The first-order valence-corrected chi connectivity index (χ1v) is 6.73. The highest BCUT2D eigenvalue weighted by atomic mass is 16.6. The number of amides is 1. The lowest BCUT2D eigenvalue weighted by molar-refractivity contribution is -0.391. The van der Waals surface area contributed by atoms with Gasteiger partial charge in [0.05, 0.1) is 13.0 Å². The summed E-state index contributed by atoms with van der Waals surface area (Å²) in [7, 11) is 1.45. The van der Waals surface area contributed by atoms with Crippen LogP contribution in [0.4, 0.5) is 5.82 Å². The number of carbonyl (C=O) groups excluding carboxylic acids is 1. The summed E-state index contributed by atoms with van der Waals surface area (Å²) in [4.78, 5) is 33.3. The second kappa shape index (κ2) is 5.94. The van der Waals surface area contributed by atoms with E-state index in [2.05, 4.69) is 5.32 Å². The van der Waals surface area contributed by atoms with Crippen LogP contribution in [0.5, 0.6) is 0 Å². The quantitative estimate of drug-likeness (QED) is 0.625. The third-order valence-electron chi connectivity index (χ3n) is 4.02. The Morgan fingerprint density at radius 1 is 1.48 bits per heavy atom. The molecular weight excluding hydrogens is 278 g/mol. The number of aromatic nitrogens is 1. The van der Waals surface area contributed by atoms with Gasteiger partial charge < -0.3 is 20.5 Å². The van der Waals surface area contributed by atoms with Crippen LogP contribution in [0.1, 0.15) is 29.8 Å². The molecular formula is C13H17N3O5. The van der Waals surface area contributed by atoms with E-state index in [1.807, 2.05) is 0 Å². The van der Waals surface area contributed by atoms with Crippen molar-refractivity contribution in [3.63, 3.8) is 0 Å². The van der Waals surface area contributed by atoms with E-state index in [4.69, 9.17) is 5.11 Å². The number of hydrogen-bond donors (Lipinski definition) is 2. The van der Waals surface area contributed by atoms with Crippen molar-refractivity contribution in [2.45, 2.75) is 19.3 Å². The van der Waals surface area contributed by atoms with Gasteiger partial charge in [0.25, 0.3) is 5.91 Å². The summed E-state index contributed by atoms with van der Waals surface area (Å²) in [5, 5.41) is 22.5. The van der Waals surface area contributed by atoms with Gasteiger partial charge in [0.1, 0.15) is 0 Å². The van der Waals surface area contributed by atoms with Crippen molar-refractivity contribution in [1.82, 2.24) is 9.88 Å². The molecule has 8 heteroatoms. The van der Waals surface area contributed by atoms with Gasteiger partial charge in [-0.2, -0.15) is 0 Å². The van der Waals surface area contributed by atoms with Crippen molar-refractivity contribution in [2.24, 2.45) is 18.9 Å². The Bertz CT molecular complexity index is 580. The Balaban J connectivity index is 1.99. The minimum Gasteiger partial charge on any atom is -0.481 e. The molecule has 0 saturated heterocycles. The molecule has 1 aliphatic rings. The molecule has 1 fully saturated rings. The lowest BCUT2D eigenvalue weighted by Gasteiger charge is -2.15. The number of carboxylic acids is 1. The number of rotatable bonds is 5. The van der Waals surface area contributed by atoms with Gasteiger partial charge in [-0.3, -0.25) is 9.59 Å². The van der Waals surface area contributed by atoms with Crippen LogP contribution in [-0.2, 0) is 11.8 Å². The summed E-state index contributed by atoms with van der Waals surface area (Å²) >= 11 is 0. The molecule has 1 aromatic heterocycles. The predicted molar refractivity (Wildman–Crippen MR) is 72.9 cm³/mol. The predicted octanol–water partition coefficient (Wildman–Crippen LogP) is 1.16. The van der Waals surface area contributed by atoms with Gasteiger partial charge in [0, 0.05) is 12.6 Å². The van der Waals surface area contributed by atoms with Gasteiger partial charge in [-0.25, -0.2) is 4.57 Å². The van der Waals surface area contributed by atoms with Crippen LogP contribution in [0.15, 0.2) is 12.1 Å². The summed E-state index contributed by atoms with van der Waals surface area (Å²) in [6.45, 7) is 0.273. The van der Waals surface area contributed by atoms with Crippen molar-refractivity contribution in [2.75, 3.05) is 6.54 Å². The highest BCUT2D eigenvalue weighted by Gasteiger charge is 2.33. The SMILES string of the molecule is Cn1c(C(=O)NCC2CCCC2C(=O)O)ccc1[N+](=O)[O-]. The van der Waals surface area contributed by atoms with Crippen LogP contribution in [0.3, 0.4) is 0 Å². The van der Waals surface area contributed by atoms with Crippen LogP contribution in [0, 0.1) is 22.0 Å². The number of nitro groups is 1. The van der Waals surface area contributed by atoms with E-state index in [9.17, 15) is 19.7 Å². The molecule has 21 heavy (non-hydrogen) atoms. The standard InChI is InChI=1S/C13H17N3O5/c1-15-10(5-6-11(15)16(20)21)12(17)14-7-8-3-2-4-9(8)13(18)19/h5-6,8-9H,2-4,7H2,1H3,(H,14,17)(H,18,19). The van der Waals surface area contributed by atoms with Crippen molar-refractivity contribution in [3.8, 4) is 0 Å². The minimum absolute atomic E-state index is 0.0818. The number of nitrogens with zero attached hydrogens (tertiary/aromatic N) is 2. The minimum atomic E-state index is -0.832. The monoisotopic (exact) mass is 295 g/mol. The highest BCUT2D eigenvalue weighted by molar-refractivity contribution is 5.93. The highest BCUT2D eigenvalue weighted by Crippen LogP contribution is 2.31. The lowest BCUT2D eigenvalue weighted by atomic mass is 9.96. The molecule has 0 radical (unpaired) electrons. The zero-order valence-corrected chi connectivity index (χ0v) is 11.6. The molecule has 0 aliphatic heterocycles. The topological polar surface area (TPSA) is 114 Å². The van der Waals surface area contributed by atoms with Crippen LogP contribution in [0.25, 0.3) is 0 Å². The Labute approximate surface area is 120 Å². The molecule has 1 amide bonds. The van der Waals surface area contributed by atoms with Crippen molar-refractivity contribution in [1.29, 1.82) is 0 Å². The summed E-state index contributed by atoms with van der Waals surface area (Å²) < 4.78 is 1.21. The van der Waals surface area contributed by atoms with Gasteiger partial charge in [0.2, 0.25) is 0 Å². The number of carbonyl (C=O) groups is 2. The lowest BCUT2D eigenvalue weighted by Crippen LogP contribution is -2.33. The second-order valence-electron chi connectivity index (χ2n) is 5.24. The Morgan fingerprint density at radius 2 is 2.19 bits per heavy atom. The number of nitrogens with one attached hydrogen (secondary N) is 1. The largest absolute Gasteiger partial charge is 0.481 e. The zero-order valence-electron chi connectivity index (χ0n) is 11.6. The Morgan fingerprint density at radius 3 is 2.76 bits per heavy atom. The van der Waals surface area contributed by atoms with E-state index < -0.39 is 22.7 Å². The van der Waals surface area contributed by atoms with E-state index in [1.54, 1.807) is 0 Å². The fourth-order valence-corrected chi connectivity index (χ4v) is 2.83.